The van der Waals surface area contributed by atoms with Crippen molar-refractivity contribution in [2.24, 2.45) is 5.73 Å². The molecule has 22 heavy (non-hydrogen) atoms. The number of hydrogen-bond acceptors (Lipinski definition) is 3. The van der Waals surface area contributed by atoms with Crippen molar-refractivity contribution in [2.75, 3.05) is 6.61 Å². The Kier molecular flexibility index (Phi) is 7.13. The lowest BCUT2D eigenvalue weighted by molar-refractivity contribution is -0.127. The number of carbonyl (C=O) groups excluding carboxylic acids is 1. The third kappa shape index (κ3) is 6.00. The number of rotatable bonds is 6. The second-order valence-corrected chi connectivity index (χ2v) is 5.71. The van der Waals surface area contributed by atoms with Crippen molar-refractivity contribution in [1.29, 1.82) is 0 Å². The zero-order valence-corrected chi connectivity index (χ0v) is 13.1. The van der Waals surface area contributed by atoms with E-state index in [1.807, 2.05) is 24.3 Å². The molecule has 4 nitrogen and oxygen atoms in total. The number of allylic oxidation sites excluding steroid dienone is 1. The van der Waals surface area contributed by atoms with Crippen molar-refractivity contribution in [2.45, 2.75) is 51.3 Å². The van der Waals surface area contributed by atoms with E-state index in [4.69, 9.17) is 10.5 Å². The van der Waals surface area contributed by atoms with Crippen molar-refractivity contribution < 1.29 is 9.53 Å². The fourth-order valence-electron chi connectivity index (χ4n) is 2.50. The van der Waals surface area contributed by atoms with Gasteiger partial charge in [-0.3, -0.25) is 4.79 Å². The molecule has 120 valence electrons. The van der Waals surface area contributed by atoms with E-state index in [9.17, 15) is 4.79 Å². The molecule has 0 aliphatic heterocycles. The number of nitrogens with one attached hydrogen (secondary N) is 1. The lowest BCUT2D eigenvalue weighted by atomic mass is 10.0. The van der Waals surface area contributed by atoms with Gasteiger partial charge >= 0.3 is 0 Å². The maximum absolute atomic E-state index is 11.9. The second-order valence-electron chi connectivity index (χ2n) is 5.71. The zero-order chi connectivity index (χ0) is 15.6. The molecule has 1 amide bonds. The first-order chi connectivity index (χ1) is 10.8. The first kappa shape index (κ1) is 16.7. The Bertz CT molecular complexity index is 482. The van der Waals surface area contributed by atoms with E-state index in [1.165, 1.54) is 19.3 Å². The molecule has 0 saturated carbocycles. The average Bonchev–Trinajstić information content (AvgIpc) is 2.52. The summed E-state index contributed by atoms with van der Waals surface area (Å²) < 4.78 is 5.69. The molecular weight excluding hydrogens is 276 g/mol. The largest absolute Gasteiger partial charge is 0.364 e. The summed E-state index contributed by atoms with van der Waals surface area (Å²) in [5.74, 6) is -0.0710. The molecule has 1 aromatic carbocycles. The minimum Gasteiger partial charge on any atom is -0.364 e. The molecule has 0 radical (unpaired) electrons. The molecule has 0 bridgehead atoms. The van der Waals surface area contributed by atoms with Crippen LogP contribution >= 0.6 is 0 Å². The zero-order valence-electron chi connectivity index (χ0n) is 13.1. The maximum Gasteiger partial charge on any atom is 0.246 e. The predicted molar refractivity (Wildman–Crippen MR) is 88.1 cm³/mol. The highest BCUT2D eigenvalue weighted by Crippen LogP contribution is 2.14. The summed E-state index contributed by atoms with van der Waals surface area (Å²) in [4.78, 5) is 11.9. The lowest BCUT2D eigenvalue weighted by Crippen LogP contribution is -2.29. The van der Waals surface area contributed by atoms with E-state index in [0.29, 0.717) is 13.1 Å². The van der Waals surface area contributed by atoms with Crippen LogP contribution < -0.4 is 11.1 Å². The van der Waals surface area contributed by atoms with Gasteiger partial charge in [0.15, 0.2) is 0 Å². The molecule has 0 fully saturated rings. The lowest BCUT2D eigenvalue weighted by Gasteiger charge is -2.16. The molecule has 1 atom stereocenters. The molecular formula is C18H26N2O2. The van der Waals surface area contributed by atoms with Crippen LogP contribution in [0.5, 0.6) is 0 Å². The van der Waals surface area contributed by atoms with Crippen molar-refractivity contribution >= 4 is 5.91 Å². The summed E-state index contributed by atoms with van der Waals surface area (Å²) in [6, 6.07) is 7.94. The fourth-order valence-corrected chi connectivity index (χ4v) is 2.50. The Morgan fingerprint density at radius 2 is 1.95 bits per heavy atom. The minimum atomic E-state index is -0.0710. The molecule has 1 aromatic rings. The van der Waals surface area contributed by atoms with Crippen LogP contribution in [-0.2, 0) is 22.6 Å². The minimum absolute atomic E-state index is 0.0710. The fraction of sp³-hybridized carbons (Fsp3) is 0.500. The Hall–Kier alpha value is -1.65. The van der Waals surface area contributed by atoms with Crippen LogP contribution in [0.15, 0.2) is 36.4 Å². The van der Waals surface area contributed by atoms with Crippen molar-refractivity contribution in [3.05, 3.63) is 47.5 Å². The van der Waals surface area contributed by atoms with Crippen LogP contribution in [0.4, 0.5) is 0 Å². The summed E-state index contributed by atoms with van der Waals surface area (Å²) in [5.41, 5.74) is 7.72. The van der Waals surface area contributed by atoms with Gasteiger partial charge in [-0.1, -0.05) is 49.3 Å². The van der Waals surface area contributed by atoms with Gasteiger partial charge in [-0.25, -0.2) is 0 Å². The van der Waals surface area contributed by atoms with E-state index in [-0.39, 0.29) is 18.6 Å². The van der Waals surface area contributed by atoms with Gasteiger partial charge in [0.25, 0.3) is 0 Å². The predicted octanol–water partition coefficient (Wildman–Crippen LogP) is 2.67. The summed E-state index contributed by atoms with van der Waals surface area (Å²) in [5, 5.41) is 2.88. The molecule has 1 unspecified atom stereocenters. The van der Waals surface area contributed by atoms with Crippen LogP contribution in [0, 0.1) is 0 Å². The van der Waals surface area contributed by atoms with E-state index in [1.54, 1.807) is 0 Å². The topological polar surface area (TPSA) is 64.3 Å². The smallest absolute Gasteiger partial charge is 0.246 e. The Morgan fingerprint density at radius 3 is 2.73 bits per heavy atom. The molecule has 4 heteroatoms. The van der Waals surface area contributed by atoms with Gasteiger partial charge < -0.3 is 15.8 Å². The monoisotopic (exact) mass is 302 g/mol. The van der Waals surface area contributed by atoms with Crippen molar-refractivity contribution in [1.82, 2.24) is 5.32 Å². The van der Waals surface area contributed by atoms with Gasteiger partial charge in [0.1, 0.15) is 6.61 Å². The number of nitrogens with two attached hydrogens (primary N) is 1. The van der Waals surface area contributed by atoms with Gasteiger partial charge in [0, 0.05) is 13.1 Å². The third-order valence-corrected chi connectivity index (χ3v) is 3.89. The highest BCUT2D eigenvalue weighted by atomic mass is 16.5. The quantitative estimate of drug-likeness (QED) is 0.794. The maximum atomic E-state index is 11.9. The number of hydrogen-bond donors (Lipinski definition) is 2. The second kappa shape index (κ2) is 9.38. The Morgan fingerprint density at radius 1 is 1.18 bits per heavy atom. The van der Waals surface area contributed by atoms with Crippen LogP contribution in [0.2, 0.25) is 0 Å². The Balaban J connectivity index is 1.69. The Labute approximate surface area is 132 Å². The first-order valence-electron chi connectivity index (χ1n) is 8.11. The van der Waals surface area contributed by atoms with Crippen LogP contribution in [-0.4, -0.2) is 18.6 Å². The van der Waals surface area contributed by atoms with Gasteiger partial charge in [-0.2, -0.15) is 0 Å². The summed E-state index contributed by atoms with van der Waals surface area (Å²) in [6.45, 7) is 1.18. The first-order valence-corrected chi connectivity index (χ1v) is 8.11. The SMILES string of the molecule is NCc1ccc(CNC(=O)COC2/C=C\CCCCC2)cc1. The van der Waals surface area contributed by atoms with E-state index in [0.717, 1.165) is 24.0 Å². The number of benzene rings is 1. The van der Waals surface area contributed by atoms with Crippen molar-refractivity contribution in [3.63, 3.8) is 0 Å². The number of carbonyl (C=O) groups is 1. The van der Waals surface area contributed by atoms with Crippen molar-refractivity contribution in [3.8, 4) is 0 Å². The summed E-state index contributed by atoms with van der Waals surface area (Å²) >= 11 is 0. The van der Waals surface area contributed by atoms with Gasteiger partial charge in [-0.15, -0.1) is 0 Å². The molecule has 0 spiro atoms. The highest BCUT2D eigenvalue weighted by molar-refractivity contribution is 5.77. The van der Waals surface area contributed by atoms with E-state index >= 15 is 0 Å². The molecule has 0 aromatic heterocycles. The van der Waals surface area contributed by atoms with Gasteiger partial charge in [0.05, 0.1) is 6.10 Å². The van der Waals surface area contributed by atoms with Crippen LogP contribution in [0.1, 0.15) is 43.2 Å². The number of amides is 1. The van der Waals surface area contributed by atoms with Gasteiger partial charge in [0.2, 0.25) is 5.91 Å². The molecule has 1 aliphatic carbocycles. The highest BCUT2D eigenvalue weighted by Gasteiger charge is 2.10. The van der Waals surface area contributed by atoms with Gasteiger partial charge in [-0.05, 0) is 30.4 Å². The normalized spacial score (nSPS) is 20.0. The average molecular weight is 302 g/mol. The van der Waals surface area contributed by atoms with Crippen LogP contribution in [0.3, 0.4) is 0 Å². The molecule has 0 heterocycles. The van der Waals surface area contributed by atoms with E-state index < -0.39 is 0 Å². The molecule has 1 aliphatic rings. The number of ether oxygens (including phenoxy) is 1. The van der Waals surface area contributed by atoms with Crippen LogP contribution in [0.25, 0.3) is 0 Å². The third-order valence-electron chi connectivity index (χ3n) is 3.89. The standard InChI is InChI=1S/C18H26N2O2/c19-12-15-8-10-16(11-9-15)13-20-18(21)14-22-17-6-4-2-1-3-5-7-17/h4,6,8-11,17H,1-3,5,7,12-14,19H2,(H,20,21)/b6-4-. The molecule has 3 N–H and O–H groups in total. The summed E-state index contributed by atoms with van der Waals surface area (Å²) in [6.07, 6.45) is 10.1. The van der Waals surface area contributed by atoms with E-state index in [2.05, 4.69) is 17.5 Å². The molecule has 0 saturated heterocycles. The summed E-state index contributed by atoms with van der Waals surface area (Å²) in [7, 11) is 0. The molecule has 2 rings (SSSR count).